The van der Waals surface area contributed by atoms with Crippen LogP contribution >= 0.6 is 0 Å². The van der Waals surface area contributed by atoms with E-state index in [-0.39, 0.29) is 5.56 Å². The molecule has 1 saturated heterocycles. The van der Waals surface area contributed by atoms with Gasteiger partial charge < -0.3 is 14.4 Å². The average molecular weight is 394 g/mol. The number of pyridine rings is 1. The second-order valence-corrected chi connectivity index (χ2v) is 7.29. The lowest BCUT2D eigenvalue weighted by atomic mass is 10.1. The number of likely N-dealkylation sites (tertiary alicyclic amines) is 1. The fourth-order valence-electron chi connectivity index (χ4n) is 3.78. The first-order chi connectivity index (χ1) is 14.2. The van der Waals surface area contributed by atoms with Crippen molar-refractivity contribution in [2.45, 2.75) is 19.3 Å². The standard InChI is InChI=1S/C22H26N4O3/c1-25-21(24-20-18(22(25)27)7-5-10-23-20)17-9-8-16(15-19(17)28-2)29-14-6-13-26-11-3-4-12-26/h5,7-10,15H,3-4,6,11-14H2,1-2H3. The Kier molecular flexibility index (Phi) is 5.76. The van der Waals surface area contributed by atoms with Gasteiger partial charge in [0.25, 0.3) is 5.56 Å². The van der Waals surface area contributed by atoms with Crippen molar-refractivity contribution < 1.29 is 9.47 Å². The fraction of sp³-hybridized carbons (Fsp3) is 0.409. The Hall–Kier alpha value is -2.93. The van der Waals surface area contributed by atoms with Crippen LogP contribution in [0.1, 0.15) is 19.3 Å². The van der Waals surface area contributed by atoms with Gasteiger partial charge in [-0.1, -0.05) is 0 Å². The van der Waals surface area contributed by atoms with Gasteiger partial charge in [-0.25, -0.2) is 9.97 Å². The van der Waals surface area contributed by atoms with E-state index in [0.29, 0.717) is 29.2 Å². The van der Waals surface area contributed by atoms with Crippen molar-refractivity contribution in [2.75, 3.05) is 33.4 Å². The highest BCUT2D eigenvalue weighted by molar-refractivity contribution is 5.77. The molecular formula is C22H26N4O3. The molecule has 7 nitrogen and oxygen atoms in total. The summed E-state index contributed by atoms with van der Waals surface area (Å²) >= 11 is 0. The minimum absolute atomic E-state index is 0.137. The maximum Gasteiger partial charge on any atom is 0.263 e. The summed E-state index contributed by atoms with van der Waals surface area (Å²) in [7, 11) is 3.31. The predicted molar refractivity (Wildman–Crippen MR) is 113 cm³/mol. The number of hydrogen-bond acceptors (Lipinski definition) is 6. The molecule has 7 heteroatoms. The number of fused-ring (bicyclic) bond motifs is 1. The summed E-state index contributed by atoms with van der Waals surface area (Å²) in [4.78, 5) is 24.0. The van der Waals surface area contributed by atoms with E-state index < -0.39 is 0 Å². The van der Waals surface area contributed by atoms with Gasteiger partial charge in [-0.3, -0.25) is 9.36 Å². The van der Waals surface area contributed by atoms with Gasteiger partial charge in [0.05, 0.1) is 24.7 Å². The van der Waals surface area contributed by atoms with E-state index in [4.69, 9.17) is 9.47 Å². The summed E-state index contributed by atoms with van der Waals surface area (Å²) < 4.78 is 13.0. The molecule has 0 N–H and O–H groups in total. The van der Waals surface area contributed by atoms with Crippen LogP contribution in [0.5, 0.6) is 11.5 Å². The maximum absolute atomic E-state index is 12.7. The topological polar surface area (TPSA) is 69.5 Å². The Bertz CT molecular complexity index is 1060. The van der Waals surface area contributed by atoms with E-state index >= 15 is 0 Å². The third-order valence-electron chi connectivity index (χ3n) is 5.35. The number of ether oxygens (including phenoxy) is 2. The van der Waals surface area contributed by atoms with Crippen LogP contribution in [0, 0.1) is 0 Å². The highest BCUT2D eigenvalue weighted by Crippen LogP contribution is 2.32. The smallest absolute Gasteiger partial charge is 0.263 e. The molecule has 0 amide bonds. The Morgan fingerprint density at radius 3 is 2.79 bits per heavy atom. The lowest BCUT2D eigenvalue weighted by Gasteiger charge is -2.16. The molecule has 0 radical (unpaired) electrons. The molecule has 0 unspecified atom stereocenters. The zero-order valence-corrected chi connectivity index (χ0v) is 16.9. The molecule has 29 heavy (non-hydrogen) atoms. The zero-order valence-electron chi connectivity index (χ0n) is 16.9. The Morgan fingerprint density at radius 1 is 1.17 bits per heavy atom. The monoisotopic (exact) mass is 394 g/mol. The molecule has 1 aromatic carbocycles. The normalized spacial score (nSPS) is 14.4. The summed E-state index contributed by atoms with van der Waals surface area (Å²) in [5.41, 5.74) is 1.02. The minimum atomic E-state index is -0.137. The molecule has 0 aliphatic carbocycles. The van der Waals surface area contributed by atoms with Crippen molar-refractivity contribution in [3.63, 3.8) is 0 Å². The SMILES string of the molecule is COc1cc(OCCCN2CCCC2)ccc1-c1nc2ncccc2c(=O)n1C. The van der Waals surface area contributed by atoms with E-state index in [9.17, 15) is 4.79 Å². The molecule has 1 fully saturated rings. The summed E-state index contributed by atoms with van der Waals surface area (Å²) in [5.74, 6) is 1.87. The van der Waals surface area contributed by atoms with Crippen LogP contribution in [-0.2, 0) is 7.05 Å². The van der Waals surface area contributed by atoms with Crippen molar-refractivity contribution in [2.24, 2.45) is 7.05 Å². The summed E-state index contributed by atoms with van der Waals surface area (Å²) in [6.07, 6.45) is 5.24. The third-order valence-corrected chi connectivity index (χ3v) is 5.35. The second kappa shape index (κ2) is 8.61. The molecule has 0 spiro atoms. The van der Waals surface area contributed by atoms with Gasteiger partial charge in [-0.05, 0) is 56.6 Å². The molecule has 152 valence electrons. The van der Waals surface area contributed by atoms with E-state index in [2.05, 4.69) is 14.9 Å². The van der Waals surface area contributed by atoms with Crippen LogP contribution < -0.4 is 15.0 Å². The Labute approximate surface area is 169 Å². The van der Waals surface area contributed by atoms with Crippen molar-refractivity contribution in [3.05, 3.63) is 46.9 Å². The van der Waals surface area contributed by atoms with Crippen LogP contribution in [-0.4, -0.2) is 52.8 Å². The van der Waals surface area contributed by atoms with Gasteiger partial charge in [0, 0.05) is 25.9 Å². The number of aromatic nitrogens is 3. The van der Waals surface area contributed by atoms with Crippen LogP contribution in [0.25, 0.3) is 22.4 Å². The van der Waals surface area contributed by atoms with Gasteiger partial charge >= 0.3 is 0 Å². The number of benzene rings is 1. The number of hydrogen-bond donors (Lipinski definition) is 0. The molecule has 0 saturated carbocycles. The van der Waals surface area contributed by atoms with Crippen molar-refractivity contribution in [1.82, 2.24) is 19.4 Å². The van der Waals surface area contributed by atoms with Crippen LogP contribution in [0.15, 0.2) is 41.3 Å². The van der Waals surface area contributed by atoms with Gasteiger partial charge in [0.15, 0.2) is 5.65 Å². The third kappa shape index (κ3) is 4.10. The van der Waals surface area contributed by atoms with E-state index in [0.717, 1.165) is 24.3 Å². The quantitative estimate of drug-likeness (QED) is 0.574. The van der Waals surface area contributed by atoms with Gasteiger partial charge in [0.1, 0.15) is 17.3 Å². The molecular weight excluding hydrogens is 368 g/mol. The Balaban J connectivity index is 1.54. The lowest BCUT2D eigenvalue weighted by Crippen LogP contribution is -2.22. The van der Waals surface area contributed by atoms with Crippen molar-refractivity contribution >= 4 is 11.0 Å². The van der Waals surface area contributed by atoms with Gasteiger partial charge in [0.2, 0.25) is 0 Å². The van der Waals surface area contributed by atoms with E-state index in [1.165, 1.54) is 30.5 Å². The predicted octanol–water partition coefficient (Wildman–Crippen LogP) is 2.87. The van der Waals surface area contributed by atoms with Crippen LogP contribution in [0.2, 0.25) is 0 Å². The summed E-state index contributed by atoms with van der Waals surface area (Å²) in [6, 6.07) is 9.09. The number of methoxy groups -OCH3 is 1. The molecule has 4 rings (SSSR count). The first kappa shape index (κ1) is 19.4. The molecule has 2 aromatic heterocycles. The second-order valence-electron chi connectivity index (χ2n) is 7.29. The first-order valence-electron chi connectivity index (χ1n) is 10.0. The van der Waals surface area contributed by atoms with Crippen LogP contribution in [0.4, 0.5) is 0 Å². The van der Waals surface area contributed by atoms with E-state index in [1.807, 2.05) is 18.2 Å². The number of rotatable bonds is 7. The molecule has 3 aromatic rings. The van der Waals surface area contributed by atoms with Gasteiger partial charge in [-0.2, -0.15) is 0 Å². The molecule has 1 aliphatic heterocycles. The summed E-state index contributed by atoms with van der Waals surface area (Å²) in [6.45, 7) is 4.14. The Morgan fingerprint density at radius 2 is 2.00 bits per heavy atom. The summed E-state index contributed by atoms with van der Waals surface area (Å²) in [5, 5.41) is 0.496. The van der Waals surface area contributed by atoms with Crippen LogP contribution in [0.3, 0.4) is 0 Å². The molecule has 0 bridgehead atoms. The molecule has 0 atom stereocenters. The lowest BCUT2D eigenvalue weighted by molar-refractivity contribution is 0.262. The average Bonchev–Trinajstić information content (AvgIpc) is 3.27. The first-order valence-corrected chi connectivity index (χ1v) is 10.0. The highest BCUT2D eigenvalue weighted by atomic mass is 16.5. The van der Waals surface area contributed by atoms with Gasteiger partial charge in [-0.15, -0.1) is 0 Å². The maximum atomic E-state index is 12.7. The van der Waals surface area contributed by atoms with E-state index in [1.54, 1.807) is 32.5 Å². The minimum Gasteiger partial charge on any atom is -0.496 e. The largest absolute Gasteiger partial charge is 0.496 e. The van der Waals surface area contributed by atoms with Crippen molar-refractivity contribution in [3.8, 4) is 22.9 Å². The highest BCUT2D eigenvalue weighted by Gasteiger charge is 2.16. The molecule has 1 aliphatic rings. The molecule has 3 heterocycles. The van der Waals surface area contributed by atoms with Crippen molar-refractivity contribution in [1.29, 1.82) is 0 Å². The fourth-order valence-corrected chi connectivity index (χ4v) is 3.78. The zero-order chi connectivity index (χ0) is 20.2. The number of nitrogens with zero attached hydrogens (tertiary/aromatic N) is 4.